The van der Waals surface area contributed by atoms with Crippen LogP contribution in [-0.4, -0.2) is 5.04 Å². The average Bonchev–Trinajstić information content (AvgIpc) is 3.01. The highest BCUT2D eigenvalue weighted by molar-refractivity contribution is 8.14. The van der Waals surface area contributed by atoms with Crippen LogP contribution in [-0.2, 0) is 4.84 Å². The Balaban J connectivity index is 1.78. The van der Waals surface area contributed by atoms with E-state index in [0.717, 1.165) is 16.4 Å². The number of benzene rings is 1. The van der Waals surface area contributed by atoms with Crippen LogP contribution in [0.25, 0.3) is 0 Å². The van der Waals surface area contributed by atoms with E-state index in [1.165, 1.54) is 0 Å². The molecule has 1 aromatic heterocycles. The Labute approximate surface area is 97.1 Å². The third-order valence-electron chi connectivity index (χ3n) is 2.25. The molecule has 16 heavy (non-hydrogen) atoms. The van der Waals surface area contributed by atoms with Crippen molar-refractivity contribution in [2.24, 2.45) is 5.16 Å². The summed E-state index contributed by atoms with van der Waals surface area (Å²) in [4.78, 5) is 5.32. The predicted octanol–water partition coefficient (Wildman–Crippen LogP) is 3.40. The monoisotopic (exact) mass is 231 g/mol. The van der Waals surface area contributed by atoms with Crippen molar-refractivity contribution in [3.05, 3.63) is 60.1 Å². The summed E-state index contributed by atoms with van der Waals surface area (Å²) in [7, 11) is 0. The summed E-state index contributed by atoms with van der Waals surface area (Å²) >= 11 is 1.56. The van der Waals surface area contributed by atoms with Crippen LogP contribution in [0.15, 0.2) is 58.3 Å². The highest BCUT2D eigenvalue weighted by atomic mass is 32.2. The maximum absolute atomic E-state index is 5.32. The van der Waals surface area contributed by atoms with Crippen molar-refractivity contribution in [1.82, 2.24) is 0 Å². The fourth-order valence-electron chi connectivity index (χ4n) is 1.48. The van der Waals surface area contributed by atoms with E-state index in [4.69, 9.17) is 9.25 Å². The molecular formula is C12H9NO2S. The van der Waals surface area contributed by atoms with Gasteiger partial charge in [0.2, 0.25) is 5.44 Å². The van der Waals surface area contributed by atoms with Crippen LogP contribution in [0.4, 0.5) is 0 Å². The van der Waals surface area contributed by atoms with Gasteiger partial charge in [-0.05, 0) is 23.9 Å². The van der Waals surface area contributed by atoms with Crippen molar-refractivity contribution >= 4 is 16.8 Å². The Hall–Kier alpha value is -1.68. The normalized spacial score (nSPS) is 19.2. The second-order valence-electron chi connectivity index (χ2n) is 3.33. The minimum Gasteiger partial charge on any atom is -0.464 e. The summed E-state index contributed by atoms with van der Waals surface area (Å²) in [5, 5.41) is 4.95. The highest BCUT2D eigenvalue weighted by Crippen LogP contribution is 2.38. The fourth-order valence-corrected chi connectivity index (χ4v) is 2.37. The molecule has 0 saturated carbocycles. The Kier molecular flexibility index (Phi) is 2.42. The van der Waals surface area contributed by atoms with Gasteiger partial charge in [0.1, 0.15) is 5.04 Å². The summed E-state index contributed by atoms with van der Waals surface area (Å²) in [6.45, 7) is 0. The predicted molar refractivity (Wildman–Crippen MR) is 63.1 cm³/mol. The van der Waals surface area contributed by atoms with Crippen molar-refractivity contribution in [3.8, 4) is 0 Å². The van der Waals surface area contributed by atoms with Crippen molar-refractivity contribution in [1.29, 1.82) is 0 Å². The van der Waals surface area contributed by atoms with Gasteiger partial charge >= 0.3 is 0 Å². The van der Waals surface area contributed by atoms with E-state index >= 15 is 0 Å². The number of hydrogen-bond donors (Lipinski definition) is 0. The number of oxime groups is 1. The molecule has 0 aliphatic carbocycles. The van der Waals surface area contributed by atoms with E-state index in [1.54, 1.807) is 18.0 Å². The standard InChI is InChI=1S/C12H9NO2S/c1-2-5-9(6-3-1)11-13-15-12(16-11)10-7-4-8-14-10/h1-8,12H. The van der Waals surface area contributed by atoms with Gasteiger partial charge in [-0.15, -0.1) is 0 Å². The van der Waals surface area contributed by atoms with Crippen molar-refractivity contribution in [2.75, 3.05) is 0 Å². The Morgan fingerprint density at radius 1 is 1.06 bits per heavy atom. The second-order valence-corrected chi connectivity index (χ2v) is 4.38. The smallest absolute Gasteiger partial charge is 0.236 e. The SMILES string of the molecule is c1ccc(C2=NOC(c3ccco3)S2)cc1. The van der Waals surface area contributed by atoms with E-state index in [0.29, 0.717) is 0 Å². The van der Waals surface area contributed by atoms with E-state index in [-0.39, 0.29) is 5.44 Å². The lowest BCUT2D eigenvalue weighted by molar-refractivity contribution is 0.114. The Morgan fingerprint density at radius 3 is 2.69 bits per heavy atom. The molecule has 1 aliphatic heterocycles. The molecule has 3 rings (SSSR count). The second kappa shape index (κ2) is 4.06. The first kappa shape index (κ1) is 9.54. The third-order valence-corrected chi connectivity index (χ3v) is 3.31. The molecule has 1 unspecified atom stereocenters. The zero-order valence-corrected chi connectivity index (χ0v) is 9.18. The topological polar surface area (TPSA) is 34.7 Å². The average molecular weight is 231 g/mol. The van der Waals surface area contributed by atoms with Crippen molar-refractivity contribution in [2.45, 2.75) is 5.44 Å². The largest absolute Gasteiger partial charge is 0.464 e. The molecule has 0 N–H and O–H groups in total. The van der Waals surface area contributed by atoms with Crippen LogP contribution in [0.2, 0.25) is 0 Å². The summed E-state index contributed by atoms with van der Waals surface area (Å²) in [6.07, 6.45) is 1.64. The van der Waals surface area contributed by atoms with E-state index in [1.807, 2.05) is 42.5 Å². The molecule has 0 radical (unpaired) electrons. The van der Waals surface area contributed by atoms with Gasteiger partial charge in [-0.2, -0.15) is 0 Å². The molecule has 2 heterocycles. The molecule has 1 atom stereocenters. The van der Waals surface area contributed by atoms with Gasteiger partial charge in [0.25, 0.3) is 0 Å². The zero-order valence-electron chi connectivity index (χ0n) is 8.37. The summed E-state index contributed by atoms with van der Waals surface area (Å²) < 4.78 is 5.28. The van der Waals surface area contributed by atoms with Crippen LogP contribution < -0.4 is 0 Å². The highest BCUT2D eigenvalue weighted by Gasteiger charge is 2.26. The van der Waals surface area contributed by atoms with Gasteiger partial charge < -0.3 is 9.25 Å². The van der Waals surface area contributed by atoms with E-state index in [2.05, 4.69) is 5.16 Å². The molecular weight excluding hydrogens is 222 g/mol. The van der Waals surface area contributed by atoms with E-state index < -0.39 is 0 Å². The number of furan rings is 1. The molecule has 3 nitrogen and oxygen atoms in total. The maximum atomic E-state index is 5.32. The first-order valence-electron chi connectivity index (χ1n) is 4.93. The minimum absolute atomic E-state index is 0.162. The molecule has 0 bridgehead atoms. The van der Waals surface area contributed by atoms with Gasteiger partial charge in [0, 0.05) is 5.56 Å². The molecule has 2 aromatic rings. The lowest BCUT2D eigenvalue weighted by Crippen LogP contribution is -1.92. The zero-order chi connectivity index (χ0) is 10.8. The number of hydrogen-bond acceptors (Lipinski definition) is 4. The molecule has 1 aliphatic rings. The Morgan fingerprint density at radius 2 is 1.94 bits per heavy atom. The van der Waals surface area contributed by atoms with Gasteiger partial charge in [-0.25, -0.2) is 0 Å². The van der Waals surface area contributed by atoms with Crippen LogP contribution >= 0.6 is 11.8 Å². The lowest BCUT2D eigenvalue weighted by atomic mass is 10.2. The molecule has 0 saturated heterocycles. The first-order chi connectivity index (χ1) is 7.93. The number of rotatable bonds is 2. The van der Waals surface area contributed by atoms with E-state index in [9.17, 15) is 0 Å². The number of thioether (sulfide) groups is 1. The number of nitrogens with zero attached hydrogens (tertiary/aromatic N) is 1. The third kappa shape index (κ3) is 1.72. The molecule has 4 heteroatoms. The molecule has 0 amide bonds. The van der Waals surface area contributed by atoms with Gasteiger partial charge in [-0.1, -0.05) is 35.5 Å². The van der Waals surface area contributed by atoms with Gasteiger partial charge in [0.05, 0.1) is 6.26 Å². The molecule has 0 spiro atoms. The molecule has 0 fully saturated rings. The lowest BCUT2D eigenvalue weighted by Gasteiger charge is -2.02. The van der Waals surface area contributed by atoms with Crippen LogP contribution in [0.1, 0.15) is 16.8 Å². The Bertz CT molecular complexity index is 493. The van der Waals surface area contributed by atoms with Gasteiger partial charge in [0.15, 0.2) is 5.76 Å². The van der Waals surface area contributed by atoms with Crippen molar-refractivity contribution in [3.63, 3.8) is 0 Å². The summed E-state index contributed by atoms with van der Waals surface area (Å²) in [5.41, 5.74) is 0.909. The summed E-state index contributed by atoms with van der Waals surface area (Å²) in [5.74, 6) is 0.791. The van der Waals surface area contributed by atoms with Crippen LogP contribution in [0.5, 0.6) is 0 Å². The molecule has 1 aromatic carbocycles. The maximum Gasteiger partial charge on any atom is 0.236 e. The minimum atomic E-state index is -0.162. The van der Waals surface area contributed by atoms with Crippen LogP contribution in [0.3, 0.4) is 0 Å². The van der Waals surface area contributed by atoms with Crippen LogP contribution in [0, 0.1) is 0 Å². The summed E-state index contributed by atoms with van der Waals surface area (Å²) in [6, 6.07) is 13.7. The quantitative estimate of drug-likeness (QED) is 0.794. The van der Waals surface area contributed by atoms with Gasteiger partial charge in [-0.3, -0.25) is 0 Å². The molecule has 80 valence electrons. The first-order valence-corrected chi connectivity index (χ1v) is 5.81. The fraction of sp³-hybridized carbons (Fsp3) is 0.0833. The van der Waals surface area contributed by atoms with Crippen molar-refractivity contribution < 1.29 is 9.25 Å².